The Bertz CT molecular complexity index is 1140. The zero-order chi connectivity index (χ0) is 21.0. The van der Waals surface area contributed by atoms with Crippen molar-refractivity contribution >= 4 is 45.0 Å². The van der Waals surface area contributed by atoms with Crippen LogP contribution in [0.4, 0.5) is 0 Å². The Hall–Kier alpha value is -3.15. The minimum atomic E-state index is -0.513. The first-order chi connectivity index (χ1) is 13.9. The predicted octanol–water partition coefficient (Wildman–Crippen LogP) is 4.24. The van der Waals surface area contributed by atoms with Crippen LogP contribution >= 0.6 is 22.9 Å². The predicted molar refractivity (Wildman–Crippen MR) is 113 cm³/mol. The Morgan fingerprint density at radius 3 is 2.86 bits per heavy atom. The van der Waals surface area contributed by atoms with Crippen molar-refractivity contribution in [2.75, 3.05) is 20.3 Å². The van der Waals surface area contributed by atoms with E-state index in [0.717, 1.165) is 4.70 Å². The van der Waals surface area contributed by atoms with Crippen molar-refractivity contribution in [3.05, 3.63) is 45.9 Å². The van der Waals surface area contributed by atoms with Crippen LogP contribution in [0.25, 0.3) is 21.3 Å². The summed E-state index contributed by atoms with van der Waals surface area (Å²) in [5, 5.41) is 21.9. The van der Waals surface area contributed by atoms with Gasteiger partial charge in [0, 0.05) is 21.5 Å². The van der Waals surface area contributed by atoms with Crippen LogP contribution in [0.2, 0.25) is 5.02 Å². The smallest absolute Gasteiger partial charge is 0.340 e. The summed E-state index contributed by atoms with van der Waals surface area (Å²) in [4.78, 5) is 16.4. The zero-order valence-electron chi connectivity index (χ0n) is 15.7. The molecule has 0 aliphatic heterocycles. The second-order valence-corrected chi connectivity index (χ2v) is 7.34. The van der Waals surface area contributed by atoms with Crippen molar-refractivity contribution in [2.45, 2.75) is 6.92 Å². The van der Waals surface area contributed by atoms with Gasteiger partial charge in [-0.25, -0.2) is 9.78 Å². The van der Waals surface area contributed by atoms with Crippen LogP contribution in [0.3, 0.4) is 0 Å². The second-order valence-electron chi connectivity index (χ2n) is 6.03. The fraction of sp³-hybridized carbons (Fsp3) is 0.200. The number of aromatic nitrogens is 1. The fourth-order valence-corrected chi connectivity index (χ4v) is 3.94. The molecule has 9 heteroatoms. The lowest BCUT2D eigenvalue weighted by molar-refractivity contribution is 0.0603. The maximum Gasteiger partial charge on any atom is 0.340 e. The van der Waals surface area contributed by atoms with Crippen LogP contribution in [0.15, 0.2) is 29.6 Å². The van der Waals surface area contributed by atoms with E-state index in [-0.39, 0.29) is 5.69 Å². The van der Waals surface area contributed by atoms with E-state index in [1.54, 1.807) is 36.6 Å². The number of carbonyl (C=O) groups is 1. The van der Waals surface area contributed by atoms with E-state index in [9.17, 15) is 10.1 Å². The molecule has 0 bridgehead atoms. The summed E-state index contributed by atoms with van der Waals surface area (Å²) in [6.45, 7) is 2.46. The Kier molecular flexibility index (Phi) is 6.32. The standard InChI is InChI=1S/C20H17ClN4O3S/c1-11(23)24-5-6-28-17-4-3-12(21)7-14(17)15-8-13(9-22)25-18-16(20(26)27-2)10-29-19(15)18/h3-4,7-8,10H,5-6H2,1-2H3,(H2,23,24). The average molecular weight is 429 g/mol. The third-order valence-corrected chi connectivity index (χ3v) is 5.26. The lowest BCUT2D eigenvalue weighted by Gasteiger charge is -2.14. The zero-order valence-corrected chi connectivity index (χ0v) is 17.3. The highest BCUT2D eigenvalue weighted by Crippen LogP contribution is 2.40. The number of rotatable bonds is 6. The number of carbonyl (C=O) groups excluding carboxylic acids is 1. The molecule has 29 heavy (non-hydrogen) atoms. The molecule has 2 aromatic heterocycles. The van der Waals surface area contributed by atoms with Gasteiger partial charge >= 0.3 is 5.97 Å². The van der Waals surface area contributed by atoms with Crippen molar-refractivity contribution < 1.29 is 14.3 Å². The highest BCUT2D eigenvalue weighted by molar-refractivity contribution is 7.18. The van der Waals surface area contributed by atoms with E-state index in [0.29, 0.717) is 52.0 Å². The fourth-order valence-electron chi connectivity index (χ4n) is 2.76. The number of thiophene rings is 1. The van der Waals surface area contributed by atoms with Crippen molar-refractivity contribution in [3.63, 3.8) is 0 Å². The SMILES string of the molecule is COC(=O)c1csc2c(-c3cc(Cl)ccc3OCCNC(C)=N)cc(C#N)nc12. The Labute approximate surface area is 176 Å². The molecule has 2 N–H and O–H groups in total. The molecule has 1 aromatic carbocycles. The van der Waals surface area contributed by atoms with Crippen molar-refractivity contribution in [2.24, 2.45) is 0 Å². The number of benzene rings is 1. The van der Waals surface area contributed by atoms with Gasteiger partial charge in [-0.1, -0.05) is 11.6 Å². The van der Waals surface area contributed by atoms with Gasteiger partial charge in [0.15, 0.2) is 0 Å². The van der Waals surface area contributed by atoms with E-state index in [4.69, 9.17) is 26.5 Å². The number of methoxy groups -OCH3 is 1. The number of ether oxygens (including phenoxy) is 2. The van der Waals surface area contributed by atoms with Gasteiger partial charge in [0.25, 0.3) is 0 Å². The Balaban J connectivity index is 2.11. The number of nitrogens with zero attached hydrogens (tertiary/aromatic N) is 2. The third kappa shape index (κ3) is 4.47. The largest absolute Gasteiger partial charge is 0.491 e. The lowest BCUT2D eigenvalue weighted by atomic mass is 10.0. The number of hydrogen-bond acceptors (Lipinski definition) is 7. The highest BCUT2D eigenvalue weighted by atomic mass is 35.5. The first-order valence-corrected chi connectivity index (χ1v) is 9.82. The summed E-state index contributed by atoms with van der Waals surface area (Å²) < 4.78 is 11.4. The molecule has 7 nitrogen and oxygen atoms in total. The van der Waals surface area contributed by atoms with E-state index < -0.39 is 5.97 Å². The van der Waals surface area contributed by atoms with Gasteiger partial charge in [-0.2, -0.15) is 5.26 Å². The number of halogens is 1. The number of amidine groups is 1. The first-order valence-electron chi connectivity index (χ1n) is 8.57. The maximum atomic E-state index is 12.1. The quantitative estimate of drug-likeness (QED) is 0.263. The number of fused-ring (bicyclic) bond motifs is 1. The lowest BCUT2D eigenvalue weighted by Crippen LogP contribution is -2.25. The Morgan fingerprint density at radius 2 is 2.17 bits per heavy atom. The van der Waals surface area contributed by atoms with Gasteiger partial charge < -0.3 is 14.8 Å². The summed E-state index contributed by atoms with van der Waals surface area (Å²) in [7, 11) is 1.30. The second kappa shape index (κ2) is 8.90. The van der Waals surface area contributed by atoms with Gasteiger partial charge in [0.05, 0.1) is 35.3 Å². The summed E-state index contributed by atoms with van der Waals surface area (Å²) in [5.41, 5.74) is 2.26. The topological polar surface area (TPSA) is 108 Å². The maximum absolute atomic E-state index is 12.1. The molecule has 0 saturated carbocycles. The van der Waals surface area contributed by atoms with E-state index >= 15 is 0 Å². The molecule has 3 aromatic rings. The minimum Gasteiger partial charge on any atom is -0.491 e. The number of esters is 1. The van der Waals surface area contributed by atoms with Gasteiger partial charge in [-0.15, -0.1) is 11.3 Å². The molecule has 0 amide bonds. The number of nitriles is 1. The molecule has 0 fully saturated rings. The van der Waals surface area contributed by atoms with Gasteiger partial charge in [-0.05, 0) is 31.2 Å². The molecule has 0 unspecified atom stereocenters. The molecule has 0 spiro atoms. The summed E-state index contributed by atoms with van der Waals surface area (Å²) in [6, 6.07) is 8.90. The normalized spacial score (nSPS) is 10.4. The van der Waals surface area contributed by atoms with Gasteiger partial charge in [0.1, 0.15) is 24.1 Å². The molecule has 148 valence electrons. The van der Waals surface area contributed by atoms with Crippen molar-refractivity contribution in [1.29, 1.82) is 10.7 Å². The van der Waals surface area contributed by atoms with Crippen LogP contribution in [-0.2, 0) is 4.74 Å². The van der Waals surface area contributed by atoms with E-state index in [1.165, 1.54) is 18.4 Å². The van der Waals surface area contributed by atoms with Crippen LogP contribution in [0.1, 0.15) is 23.0 Å². The van der Waals surface area contributed by atoms with Crippen LogP contribution < -0.4 is 10.1 Å². The number of hydrogen-bond donors (Lipinski definition) is 2. The molecule has 0 aliphatic rings. The molecule has 3 rings (SSSR count). The molecule has 0 atom stereocenters. The number of pyridine rings is 1. The molecular formula is C20H17ClN4O3S. The van der Waals surface area contributed by atoms with Crippen molar-refractivity contribution in [3.8, 4) is 22.9 Å². The molecule has 0 radical (unpaired) electrons. The summed E-state index contributed by atoms with van der Waals surface area (Å²) in [6.07, 6.45) is 0. The van der Waals surface area contributed by atoms with Crippen LogP contribution in [0.5, 0.6) is 5.75 Å². The van der Waals surface area contributed by atoms with Gasteiger partial charge in [-0.3, -0.25) is 5.41 Å². The summed E-state index contributed by atoms with van der Waals surface area (Å²) in [5.74, 6) is 0.414. The highest BCUT2D eigenvalue weighted by Gasteiger charge is 2.20. The molecule has 0 saturated heterocycles. The third-order valence-electron chi connectivity index (χ3n) is 4.02. The average Bonchev–Trinajstić information content (AvgIpc) is 3.14. The minimum absolute atomic E-state index is 0.170. The van der Waals surface area contributed by atoms with Crippen LogP contribution in [0, 0.1) is 16.7 Å². The van der Waals surface area contributed by atoms with Gasteiger partial charge in [0.2, 0.25) is 0 Å². The van der Waals surface area contributed by atoms with Crippen LogP contribution in [-0.4, -0.2) is 37.1 Å². The molecule has 2 heterocycles. The van der Waals surface area contributed by atoms with Crippen molar-refractivity contribution in [1.82, 2.24) is 10.3 Å². The van der Waals surface area contributed by atoms with E-state index in [2.05, 4.69) is 10.3 Å². The monoisotopic (exact) mass is 428 g/mol. The first kappa shape index (κ1) is 20.6. The number of nitrogens with one attached hydrogen (secondary N) is 2. The Morgan fingerprint density at radius 1 is 1.38 bits per heavy atom. The van der Waals surface area contributed by atoms with E-state index in [1.807, 2.05) is 6.07 Å². The molecule has 0 aliphatic carbocycles. The summed E-state index contributed by atoms with van der Waals surface area (Å²) >= 11 is 7.56. The molecular weight excluding hydrogens is 412 g/mol.